The molecule has 1 unspecified atom stereocenters. The van der Waals surface area contributed by atoms with Crippen LogP contribution in [0.4, 0.5) is 4.79 Å². The zero-order valence-corrected chi connectivity index (χ0v) is 9.62. The summed E-state index contributed by atoms with van der Waals surface area (Å²) in [5.41, 5.74) is -0.626. The van der Waals surface area contributed by atoms with Crippen LogP contribution < -0.4 is 5.32 Å². The van der Waals surface area contributed by atoms with Gasteiger partial charge in [0, 0.05) is 7.11 Å². The first-order valence-corrected chi connectivity index (χ1v) is 4.40. The van der Waals surface area contributed by atoms with Crippen LogP contribution in [0.1, 0.15) is 20.8 Å². The topological polar surface area (TPSA) is 73.9 Å². The largest absolute Gasteiger partial charge is 0.466 e. The maximum atomic E-state index is 11.2. The number of hydrogen-bond acceptors (Lipinski definition) is 5. The van der Waals surface area contributed by atoms with Gasteiger partial charge in [-0.25, -0.2) is 9.59 Å². The highest BCUT2D eigenvalue weighted by Gasteiger charge is 2.24. The Hall–Kier alpha value is -1.30. The highest BCUT2D eigenvalue weighted by atomic mass is 16.6. The summed E-state index contributed by atoms with van der Waals surface area (Å²) in [6, 6.07) is 0. The lowest BCUT2D eigenvalue weighted by molar-refractivity contribution is -0.154. The van der Waals surface area contributed by atoms with E-state index in [1.54, 1.807) is 20.8 Å². The number of carbonyl (C=O) groups excluding carboxylic acids is 2. The van der Waals surface area contributed by atoms with Crippen molar-refractivity contribution in [1.82, 2.24) is 5.32 Å². The molecule has 1 N–H and O–H groups in total. The maximum Gasteiger partial charge on any atom is 0.410 e. The van der Waals surface area contributed by atoms with E-state index >= 15 is 0 Å². The molecule has 0 saturated carbocycles. The van der Waals surface area contributed by atoms with Crippen LogP contribution in [0, 0.1) is 0 Å². The van der Waals surface area contributed by atoms with Crippen LogP contribution in [0.2, 0.25) is 0 Å². The van der Waals surface area contributed by atoms with Gasteiger partial charge in [-0.2, -0.15) is 0 Å². The van der Waals surface area contributed by atoms with E-state index in [-0.39, 0.29) is 0 Å². The summed E-state index contributed by atoms with van der Waals surface area (Å²) in [5, 5.41) is 2.22. The molecule has 0 rings (SSSR count). The molecule has 1 amide bonds. The van der Waals surface area contributed by atoms with Gasteiger partial charge >= 0.3 is 12.1 Å². The molecule has 0 saturated heterocycles. The normalized spacial score (nSPS) is 12.9. The molecule has 0 bridgehead atoms. The van der Waals surface area contributed by atoms with Gasteiger partial charge in [0.15, 0.2) is 0 Å². The van der Waals surface area contributed by atoms with Crippen LogP contribution >= 0.6 is 0 Å². The van der Waals surface area contributed by atoms with Crippen molar-refractivity contribution in [3.63, 3.8) is 0 Å². The summed E-state index contributed by atoms with van der Waals surface area (Å²) in [5.74, 6) is -0.691. The molecule has 0 aliphatic heterocycles. The first kappa shape index (κ1) is 13.7. The molecule has 0 heterocycles. The Morgan fingerprint density at radius 1 is 1.20 bits per heavy atom. The highest BCUT2D eigenvalue weighted by molar-refractivity contribution is 5.79. The first-order chi connectivity index (χ1) is 6.80. The molecule has 0 fully saturated rings. The van der Waals surface area contributed by atoms with Gasteiger partial charge in [0.1, 0.15) is 5.60 Å². The fourth-order valence-electron chi connectivity index (χ4n) is 0.736. The number of carbonyl (C=O) groups is 2. The van der Waals surface area contributed by atoms with Crippen LogP contribution in [0.5, 0.6) is 0 Å². The minimum absolute atomic E-state index is 0.626. The van der Waals surface area contributed by atoms with Crippen LogP contribution in [-0.4, -0.2) is 38.1 Å². The van der Waals surface area contributed by atoms with E-state index in [1.165, 1.54) is 14.2 Å². The summed E-state index contributed by atoms with van der Waals surface area (Å²) in [4.78, 5) is 22.3. The lowest BCUT2D eigenvalue weighted by Gasteiger charge is -2.21. The predicted octanol–water partition coefficient (Wildman–Crippen LogP) is 0.657. The average Bonchev–Trinajstić information content (AvgIpc) is 2.10. The Labute approximate surface area is 88.9 Å². The van der Waals surface area contributed by atoms with Gasteiger partial charge in [-0.05, 0) is 20.8 Å². The predicted molar refractivity (Wildman–Crippen MR) is 52.2 cm³/mol. The Morgan fingerprint density at radius 2 is 1.73 bits per heavy atom. The first-order valence-electron chi connectivity index (χ1n) is 4.40. The van der Waals surface area contributed by atoms with Crippen molar-refractivity contribution in [2.24, 2.45) is 0 Å². The molecule has 0 radical (unpaired) electrons. The number of rotatable bonds is 3. The third-order valence-electron chi connectivity index (χ3n) is 1.30. The molecular weight excluding hydrogens is 202 g/mol. The molecular formula is C9H17NO5. The molecule has 15 heavy (non-hydrogen) atoms. The summed E-state index contributed by atoms with van der Waals surface area (Å²) in [6.45, 7) is 5.14. The molecule has 0 aromatic carbocycles. The van der Waals surface area contributed by atoms with E-state index in [1.807, 2.05) is 0 Å². The monoisotopic (exact) mass is 219 g/mol. The van der Waals surface area contributed by atoms with Crippen LogP contribution in [-0.2, 0) is 19.0 Å². The SMILES string of the molecule is COC(=O)C(NC(=O)OC(C)(C)C)OC. The Balaban J connectivity index is 4.20. The third kappa shape index (κ3) is 5.90. The summed E-state index contributed by atoms with van der Waals surface area (Å²) in [6.07, 6.45) is -1.88. The smallest absolute Gasteiger partial charge is 0.410 e. The Morgan fingerprint density at radius 3 is 2.07 bits per heavy atom. The number of methoxy groups -OCH3 is 2. The lowest BCUT2D eigenvalue weighted by Crippen LogP contribution is -2.45. The number of nitrogens with one attached hydrogen (secondary N) is 1. The molecule has 6 heteroatoms. The van der Waals surface area contributed by atoms with Crippen molar-refractivity contribution in [2.75, 3.05) is 14.2 Å². The number of esters is 1. The number of amides is 1. The fraction of sp³-hybridized carbons (Fsp3) is 0.778. The second-order valence-corrected chi connectivity index (χ2v) is 3.79. The van der Waals surface area contributed by atoms with Gasteiger partial charge in [-0.3, -0.25) is 5.32 Å². The minimum atomic E-state index is -1.15. The van der Waals surface area contributed by atoms with E-state index in [4.69, 9.17) is 9.47 Å². The molecule has 0 spiro atoms. The lowest BCUT2D eigenvalue weighted by atomic mass is 10.2. The van der Waals surface area contributed by atoms with Gasteiger partial charge < -0.3 is 14.2 Å². The van der Waals surface area contributed by atoms with Gasteiger partial charge in [0.25, 0.3) is 0 Å². The molecule has 0 aromatic rings. The van der Waals surface area contributed by atoms with Crippen molar-refractivity contribution < 1.29 is 23.8 Å². The van der Waals surface area contributed by atoms with Crippen molar-refractivity contribution in [3.05, 3.63) is 0 Å². The maximum absolute atomic E-state index is 11.2. The molecule has 1 atom stereocenters. The number of ether oxygens (including phenoxy) is 3. The van der Waals surface area contributed by atoms with Crippen LogP contribution in [0.15, 0.2) is 0 Å². The van der Waals surface area contributed by atoms with Crippen molar-refractivity contribution in [2.45, 2.75) is 32.6 Å². The van der Waals surface area contributed by atoms with E-state index in [2.05, 4.69) is 10.1 Å². The van der Waals surface area contributed by atoms with Crippen molar-refractivity contribution in [1.29, 1.82) is 0 Å². The Bertz CT molecular complexity index is 233. The van der Waals surface area contributed by atoms with E-state index in [0.29, 0.717) is 0 Å². The average molecular weight is 219 g/mol. The van der Waals surface area contributed by atoms with Crippen molar-refractivity contribution >= 4 is 12.1 Å². The van der Waals surface area contributed by atoms with E-state index < -0.39 is 23.9 Å². The fourth-order valence-corrected chi connectivity index (χ4v) is 0.736. The summed E-state index contributed by atoms with van der Waals surface area (Å²) in [7, 11) is 2.48. The summed E-state index contributed by atoms with van der Waals surface area (Å²) >= 11 is 0. The van der Waals surface area contributed by atoms with Crippen LogP contribution in [0.3, 0.4) is 0 Å². The molecule has 0 aromatic heterocycles. The molecule has 0 aliphatic carbocycles. The second-order valence-electron chi connectivity index (χ2n) is 3.79. The standard InChI is InChI=1S/C9H17NO5/c1-9(2,3)15-8(12)10-6(13-4)7(11)14-5/h6H,1-5H3,(H,10,12). The minimum Gasteiger partial charge on any atom is -0.466 e. The molecule has 6 nitrogen and oxygen atoms in total. The van der Waals surface area contributed by atoms with E-state index in [9.17, 15) is 9.59 Å². The highest BCUT2D eigenvalue weighted by Crippen LogP contribution is 2.06. The number of hydrogen-bond donors (Lipinski definition) is 1. The summed E-state index contributed by atoms with van der Waals surface area (Å²) < 4.78 is 14.0. The zero-order valence-electron chi connectivity index (χ0n) is 9.62. The van der Waals surface area contributed by atoms with Crippen LogP contribution in [0.25, 0.3) is 0 Å². The molecule has 88 valence electrons. The molecule has 0 aliphatic rings. The Kier molecular flexibility index (Phi) is 5.07. The number of alkyl carbamates (subject to hydrolysis) is 1. The van der Waals surface area contributed by atoms with E-state index in [0.717, 1.165) is 0 Å². The van der Waals surface area contributed by atoms with Crippen molar-refractivity contribution in [3.8, 4) is 0 Å². The van der Waals surface area contributed by atoms with Gasteiger partial charge in [-0.15, -0.1) is 0 Å². The van der Waals surface area contributed by atoms with Gasteiger partial charge in [0.05, 0.1) is 7.11 Å². The zero-order chi connectivity index (χ0) is 12.1. The van der Waals surface area contributed by atoms with Gasteiger partial charge in [-0.1, -0.05) is 0 Å². The van der Waals surface area contributed by atoms with Gasteiger partial charge in [0.2, 0.25) is 6.23 Å². The second kappa shape index (κ2) is 5.55. The quantitative estimate of drug-likeness (QED) is 0.557. The third-order valence-corrected chi connectivity index (χ3v) is 1.30.